The number of carbonyl (C=O) groups excluding carboxylic acids is 1. The second-order valence-electron chi connectivity index (χ2n) is 9.18. The molecule has 8 nitrogen and oxygen atoms in total. The molecule has 202 valence electrons. The molecule has 0 saturated carbocycles. The topological polar surface area (TPSA) is 88.9 Å². The summed E-state index contributed by atoms with van der Waals surface area (Å²) in [5.74, 6) is -1.26. The molecule has 0 spiro atoms. The monoisotopic (exact) mass is 549 g/mol. The van der Waals surface area contributed by atoms with E-state index < -0.39 is 11.7 Å². The number of nitrogens with one attached hydrogen (secondary N) is 1. The number of aromatic nitrogens is 2. The van der Waals surface area contributed by atoms with Gasteiger partial charge < -0.3 is 19.7 Å². The summed E-state index contributed by atoms with van der Waals surface area (Å²) in [7, 11) is 3.09. The van der Waals surface area contributed by atoms with E-state index in [1.165, 1.54) is 19.4 Å². The minimum atomic E-state index is -0.930. The van der Waals surface area contributed by atoms with Gasteiger partial charge in [0.25, 0.3) is 0 Å². The molecule has 1 amide bonds. The number of likely N-dealkylation sites (N-methyl/N-ethyl adjacent to an activating group) is 1. The summed E-state index contributed by atoms with van der Waals surface area (Å²) in [5, 5.41) is 3.49. The summed E-state index contributed by atoms with van der Waals surface area (Å²) >= 11 is 6.60. The molecule has 2 aromatic carbocycles. The molecular formula is C29H29ClFN5O3. The SMILES string of the molecule is CNC(=O)C(C1=C(OC)CCC=CC=N1)c1cc(-c2ncnc3cc(N4CCOCC4)ccc23)c(F)cc1Cl. The summed E-state index contributed by atoms with van der Waals surface area (Å²) in [6.07, 6.45) is 8.11. The molecule has 1 N–H and O–H groups in total. The lowest BCUT2D eigenvalue weighted by Crippen LogP contribution is -2.36. The van der Waals surface area contributed by atoms with Crippen LogP contribution in [-0.4, -0.2) is 62.6 Å². The number of methoxy groups -OCH3 is 1. The van der Waals surface area contributed by atoms with Gasteiger partial charge in [-0.25, -0.2) is 14.4 Å². The fraction of sp³-hybridized carbons (Fsp3) is 0.310. The Morgan fingerprint density at radius 2 is 2.03 bits per heavy atom. The number of benzene rings is 2. The molecule has 39 heavy (non-hydrogen) atoms. The Morgan fingerprint density at radius 1 is 1.21 bits per heavy atom. The number of allylic oxidation sites excluding steroid dienone is 3. The molecule has 3 heterocycles. The van der Waals surface area contributed by atoms with E-state index in [9.17, 15) is 4.79 Å². The van der Waals surface area contributed by atoms with E-state index in [2.05, 4.69) is 25.2 Å². The van der Waals surface area contributed by atoms with Gasteiger partial charge in [0.05, 0.1) is 37.2 Å². The minimum absolute atomic E-state index is 0.105. The van der Waals surface area contributed by atoms with Gasteiger partial charge in [0, 0.05) is 54.4 Å². The molecule has 1 aromatic heterocycles. The highest BCUT2D eigenvalue weighted by molar-refractivity contribution is 6.32. The first-order valence-corrected chi connectivity index (χ1v) is 13.1. The van der Waals surface area contributed by atoms with Crippen LogP contribution in [0.2, 0.25) is 5.02 Å². The number of ether oxygens (including phenoxy) is 2. The number of fused-ring (bicyclic) bond motifs is 1. The fourth-order valence-corrected chi connectivity index (χ4v) is 5.20. The molecule has 2 aliphatic heterocycles. The van der Waals surface area contributed by atoms with Crippen LogP contribution >= 0.6 is 11.6 Å². The van der Waals surface area contributed by atoms with Gasteiger partial charge in [0.15, 0.2) is 0 Å². The van der Waals surface area contributed by atoms with Crippen molar-refractivity contribution in [2.45, 2.75) is 18.8 Å². The first kappa shape index (κ1) is 26.8. The van der Waals surface area contributed by atoms with E-state index >= 15 is 4.39 Å². The summed E-state index contributed by atoms with van der Waals surface area (Å²) in [4.78, 5) is 28.9. The van der Waals surface area contributed by atoms with E-state index in [4.69, 9.17) is 21.1 Å². The van der Waals surface area contributed by atoms with Crippen molar-refractivity contribution >= 4 is 40.3 Å². The molecule has 10 heteroatoms. The highest BCUT2D eigenvalue weighted by Crippen LogP contribution is 2.39. The van der Waals surface area contributed by atoms with Crippen molar-refractivity contribution in [1.29, 1.82) is 0 Å². The number of hydrogen-bond acceptors (Lipinski definition) is 7. The van der Waals surface area contributed by atoms with Crippen molar-refractivity contribution in [1.82, 2.24) is 15.3 Å². The lowest BCUT2D eigenvalue weighted by atomic mass is 9.90. The normalized spacial score (nSPS) is 16.7. The molecule has 0 bridgehead atoms. The van der Waals surface area contributed by atoms with E-state index in [0.717, 1.165) is 25.2 Å². The van der Waals surface area contributed by atoms with E-state index in [-0.39, 0.29) is 16.5 Å². The molecule has 0 aliphatic carbocycles. The van der Waals surface area contributed by atoms with Gasteiger partial charge in [-0.3, -0.25) is 9.79 Å². The maximum atomic E-state index is 15.5. The van der Waals surface area contributed by atoms with Crippen molar-refractivity contribution in [3.8, 4) is 11.3 Å². The number of morpholine rings is 1. The van der Waals surface area contributed by atoms with Crippen LogP contribution in [0.5, 0.6) is 0 Å². The number of rotatable bonds is 6. The average Bonchev–Trinajstić information content (AvgIpc) is 2.95. The largest absolute Gasteiger partial charge is 0.499 e. The molecule has 1 saturated heterocycles. The summed E-state index contributed by atoms with van der Waals surface area (Å²) < 4.78 is 26.6. The Hall–Kier alpha value is -3.82. The Bertz CT molecular complexity index is 1480. The predicted molar refractivity (Wildman–Crippen MR) is 151 cm³/mol. The van der Waals surface area contributed by atoms with Gasteiger partial charge in [-0.05, 0) is 48.4 Å². The van der Waals surface area contributed by atoms with Crippen LogP contribution in [0.1, 0.15) is 24.3 Å². The number of halogens is 2. The Balaban J connectivity index is 1.64. The van der Waals surface area contributed by atoms with Gasteiger partial charge >= 0.3 is 0 Å². The van der Waals surface area contributed by atoms with Crippen LogP contribution in [0.4, 0.5) is 10.1 Å². The third-order valence-corrected chi connectivity index (χ3v) is 7.26. The summed E-state index contributed by atoms with van der Waals surface area (Å²) in [5.41, 5.74) is 3.14. The predicted octanol–water partition coefficient (Wildman–Crippen LogP) is 5.03. The van der Waals surface area contributed by atoms with Crippen molar-refractivity contribution in [2.75, 3.05) is 45.4 Å². The number of carbonyl (C=O) groups is 1. The number of amides is 1. The van der Waals surface area contributed by atoms with Gasteiger partial charge in [-0.1, -0.05) is 17.7 Å². The number of aliphatic imine (C=N–C) groups is 1. The molecule has 1 fully saturated rings. The van der Waals surface area contributed by atoms with Crippen LogP contribution in [0.3, 0.4) is 0 Å². The maximum Gasteiger partial charge on any atom is 0.233 e. The first-order chi connectivity index (χ1) is 19.0. The minimum Gasteiger partial charge on any atom is -0.499 e. The van der Waals surface area contributed by atoms with Crippen molar-refractivity contribution in [3.05, 3.63) is 76.7 Å². The third kappa shape index (κ3) is 5.51. The van der Waals surface area contributed by atoms with Crippen LogP contribution in [0.15, 0.2) is 65.3 Å². The summed E-state index contributed by atoms with van der Waals surface area (Å²) in [6.45, 7) is 2.91. The molecule has 1 atom stereocenters. The van der Waals surface area contributed by atoms with Crippen LogP contribution in [0, 0.1) is 5.82 Å². The van der Waals surface area contributed by atoms with E-state index in [1.807, 2.05) is 30.4 Å². The highest BCUT2D eigenvalue weighted by Gasteiger charge is 2.31. The van der Waals surface area contributed by atoms with Gasteiger partial charge in [0.2, 0.25) is 5.91 Å². The third-order valence-electron chi connectivity index (χ3n) is 6.94. The number of hydrogen-bond donors (Lipinski definition) is 1. The number of anilines is 1. The second kappa shape index (κ2) is 11.9. The molecule has 5 rings (SSSR count). The lowest BCUT2D eigenvalue weighted by molar-refractivity contribution is -0.121. The Morgan fingerprint density at radius 3 is 2.79 bits per heavy atom. The average molecular weight is 550 g/mol. The highest BCUT2D eigenvalue weighted by atomic mass is 35.5. The molecule has 0 radical (unpaired) electrons. The van der Waals surface area contributed by atoms with Gasteiger partial charge in [-0.15, -0.1) is 0 Å². The van der Waals surface area contributed by atoms with Gasteiger partial charge in [-0.2, -0.15) is 0 Å². The second-order valence-corrected chi connectivity index (χ2v) is 9.59. The smallest absolute Gasteiger partial charge is 0.233 e. The summed E-state index contributed by atoms with van der Waals surface area (Å²) in [6, 6.07) is 8.66. The van der Waals surface area contributed by atoms with Crippen LogP contribution < -0.4 is 10.2 Å². The zero-order valence-electron chi connectivity index (χ0n) is 21.8. The standard InChI is InChI=1S/C29H29ClFN5O3/c1-32-29(37)26(28-25(38-2)6-4-3-5-9-33-28)20-15-21(23(31)16-22(20)30)27-19-8-7-18(14-24(19)34-17-35-27)36-10-12-39-13-11-36/h3,5,7-9,14-17,26H,4,6,10-13H2,1-2H3,(H,32,37). The van der Waals surface area contributed by atoms with Crippen molar-refractivity contribution in [3.63, 3.8) is 0 Å². The molecule has 2 aliphatic rings. The Kier molecular flexibility index (Phi) is 8.18. The van der Waals surface area contributed by atoms with E-state index in [0.29, 0.717) is 53.3 Å². The number of nitrogens with zero attached hydrogens (tertiary/aromatic N) is 4. The quantitative estimate of drug-likeness (QED) is 0.464. The first-order valence-electron chi connectivity index (χ1n) is 12.8. The zero-order valence-corrected chi connectivity index (χ0v) is 22.5. The zero-order chi connectivity index (χ0) is 27.4. The fourth-order valence-electron chi connectivity index (χ4n) is 4.94. The maximum absolute atomic E-state index is 15.5. The van der Waals surface area contributed by atoms with Crippen LogP contribution in [-0.2, 0) is 14.3 Å². The molecule has 1 unspecified atom stereocenters. The van der Waals surface area contributed by atoms with Crippen LogP contribution in [0.25, 0.3) is 22.2 Å². The molecule has 3 aromatic rings. The van der Waals surface area contributed by atoms with Gasteiger partial charge in [0.1, 0.15) is 23.8 Å². The molecular weight excluding hydrogens is 521 g/mol. The lowest BCUT2D eigenvalue weighted by Gasteiger charge is -2.29. The van der Waals surface area contributed by atoms with Crippen molar-refractivity contribution in [2.24, 2.45) is 4.99 Å². The van der Waals surface area contributed by atoms with Crippen molar-refractivity contribution < 1.29 is 18.7 Å². The van der Waals surface area contributed by atoms with E-state index in [1.54, 1.807) is 19.4 Å². The Labute approximate surface area is 231 Å².